The van der Waals surface area contributed by atoms with Gasteiger partial charge in [-0.2, -0.15) is 13.2 Å². The van der Waals surface area contributed by atoms with Crippen molar-refractivity contribution in [1.29, 1.82) is 0 Å². The highest BCUT2D eigenvalue weighted by atomic mass is 19.4. The van der Waals surface area contributed by atoms with Crippen LogP contribution >= 0.6 is 0 Å². The van der Waals surface area contributed by atoms with Gasteiger partial charge < -0.3 is 15.6 Å². The molecule has 2 aromatic heterocycles. The van der Waals surface area contributed by atoms with Crippen molar-refractivity contribution in [2.24, 2.45) is 5.92 Å². The summed E-state index contributed by atoms with van der Waals surface area (Å²) in [4.78, 5) is 23.2. The van der Waals surface area contributed by atoms with E-state index >= 15 is 0 Å². The van der Waals surface area contributed by atoms with Gasteiger partial charge in [0.1, 0.15) is 5.52 Å². The van der Waals surface area contributed by atoms with Crippen molar-refractivity contribution in [3.8, 4) is 0 Å². The number of carbonyl (C=O) groups excluding carboxylic acids is 1. The molecule has 136 valence electrons. The molecule has 7 nitrogen and oxygen atoms in total. The minimum Gasteiger partial charge on any atom is -0.345 e. The summed E-state index contributed by atoms with van der Waals surface area (Å²) in [5, 5.41) is 7.98. The van der Waals surface area contributed by atoms with Crippen molar-refractivity contribution in [1.82, 2.24) is 25.6 Å². The fourth-order valence-electron chi connectivity index (χ4n) is 3.02. The highest BCUT2D eigenvalue weighted by Gasteiger charge is 2.37. The molecular formula is C15H19F3N6O. The molecule has 2 unspecified atom stereocenters. The van der Waals surface area contributed by atoms with Crippen LogP contribution in [-0.2, 0) is 0 Å². The highest BCUT2D eigenvalue weighted by molar-refractivity contribution is 5.89. The Morgan fingerprint density at radius 2 is 2.28 bits per heavy atom. The van der Waals surface area contributed by atoms with Gasteiger partial charge in [-0.1, -0.05) is 0 Å². The molecule has 0 bridgehead atoms. The Labute approximate surface area is 141 Å². The summed E-state index contributed by atoms with van der Waals surface area (Å²) in [7, 11) is 0. The molecule has 25 heavy (non-hydrogen) atoms. The standard InChI is InChI=1S/C15H19F3N6O/c16-15(17,18)6-11(9-2-1-4-19-7-9)23-14(25)24-12-8-21-13-10(22-12)3-5-20-13/h3,5,8-9,11,19H,1-2,4,6-7H2,(H,20,21)(H2,22,23,24,25). The molecule has 0 aliphatic carbocycles. The van der Waals surface area contributed by atoms with Crippen molar-refractivity contribution in [3.05, 3.63) is 18.5 Å². The van der Waals surface area contributed by atoms with E-state index < -0.39 is 24.7 Å². The van der Waals surface area contributed by atoms with Crippen LogP contribution in [0.2, 0.25) is 0 Å². The maximum Gasteiger partial charge on any atom is 0.391 e. The van der Waals surface area contributed by atoms with Gasteiger partial charge >= 0.3 is 12.2 Å². The minimum atomic E-state index is -4.35. The Hall–Kier alpha value is -2.36. The van der Waals surface area contributed by atoms with Gasteiger partial charge in [0.25, 0.3) is 0 Å². The second kappa shape index (κ2) is 7.26. The van der Waals surface area contributed by atoms with Crippen LogP contribution in [0, 0.1) is 5.92 Å². The van der Waals surface area contributed by atoms with E-state index in [1.807, 2.05) is 0 Å². The van der Waals surface area contributed by atoms with Crippen LogP contribution in [0.1, 0.15) is 19.3 Å². The first-order valence-electron chi connectivity index (χ1n) is 8.06. The molecular weight excluding hydrogens is 337 g/mol. The molecule has 2 aromatic rings. The molecule has 0 saturated carbocycles. The normalized spacial score (nSPS) is 19.6. The number of nitrogens with zero attached hydrogens (tertiary/aromatic N) is 2. The number of anilines is 1. The first-order valence-corrected chi connectivity index (χ1v) is 8.06. The Kier molecular flexibility index (Phi) is 5.07. The monoisotopic (exact) mass is 356 g/mol. The largest absolute Gasteiger partial charge is 0.391 e. The van der Waals surface area contributed by atoms with Crippen LogP contribution in [-0.4, -0.2) is 46.3 Å². The number of fused-ring (bicyclic) bond motifs is 1. The van der Waals surface area contributed by atoms with Crippen LogP contribution < -0.4 is 16.0 Å². The van der Waals surface area contributed by atoms with Gasteiger partial charge in [-0.3, -0.25) is 5.32 Å². The summed E-state index contributed by atoms with van der Waals surface area (Å²) in [5.41, 5.74) is 1.12. The third-order valence-electron chi connectivity index (χ3n) is 4.17. The number of alkyl halides is 3. The van der Waals surface area contributed by atoms with Crippen LogP contribution in [0.4, 0.5) is 23.8 Å². The molecule has 2 amide bonds. The maximum absolute atomic E-state index is 12.9. The lowest BCUT2D eigenvalue weighted by atomic mass is 9.89. The molecule has 0 aromatic carbocycles. The summed E-state index contributed by atoms with van der Waals surface area (Å²) in [6.07, 6.45) is -0.973. The Bertz CT molecular complexity index is 725. The van der Waals surface area contributed by atoms with Crippen molar-refractivity contribution < 1.29 is 18.0 Å². The molecule has 3 rings (SSSR count). The van der Waals surface area contributed by atoms with Gasteiger partial charge in [0, 0.05) is 12.2 Å². The number of urea groups is 1. The second-order valence-electron chi connectivity index (χ2n) is 6.10. The third-order valence-corrected chi connectivity index (χ3v) is 4.17. The third kappa shape index (κ3) is 4.81. The molecule has 2 atom stereocenters. The maximum atomic E-state index is 12.9. The summed E-state index contributed by atoms with van der Waals surface area (Å²) in [6.45, 7) is 1.24. The van der Waals surface area contributed by atoms with Crippen LogP contribution in [0.5, 0.6) is 0 Å². The van der Waals surface area contributed by atoms with E-state index in [9.17, 15) is 18.0 Å². The molecule has 1 aliphatic rings. The molecule has 1 saturated heterocycles. The van der Waals surface area contributed by atoms with Gasteiger partial charge in [-0.25, -0.2) is 14.8 Å². The molecule has 10 heteroatoms. The average molecular weight is 356 g/mol. The van der Waals surface area contributed by atoms with Crippen LogP contribution in [0.15, 0.2) is 18.5 Å². The Balaban J connectivity index is 1.65. The first kappa shape index (κ1) is 17.5. The van der Waals surface area contributed by atoms with E-state index in [4.69, 9.17) is 0 Å². The molecule has 3 heterocycles. The number of amides is 2. The minimum absolute atomic E-state index is 0.178. The van der Waals surface area contributed by atoms with Crippen LogP contribution in [0.25, 0.3) is 11.2 Å². The molecule has 1 aliphatic heterocycles. The smallest absolute Gasteiger partial charge is 0.345 e. The van der Waals surface area contributed by atoms with Gasteiger partial charge in [0.05, 0.1) is 12.6 Å². The molecule has 0 radical (unpaired) electrons. The topological polar surface area (TPSA) is 94.7 Å². The van der Waals surface area contributed by atoms with Crippen molar-refractivity contribution in [2.75, 3.05) is 18.4 Å². The van der Waals surface area contributed by atoms with E-state index in [0.29, 0.717) is 24.1 Å². The lowest BCUT2D eigenvalue weighted by Crippen LogP contribution is -2.49. The summed E-state index contributed by atoms with van der Waals surface area (Å²) < 4.78 is 38.6. The number of halogens is 3. The predicted octanol–water partition coefficient (Wildman–Crippen LogP) is 2.40. The fourth-order valence-corrected chi connectivity index (χ4v) is 3.02. The Morgan fingerprint density at radius 1 is 1.44 bits per heavy atom. The van der Waals surface area contributed by atoms with Crippen molar-refractivity contribution >= 4 is 23.0 Å². The number of hydrogen-bond acceptors (Lipinski definition) is 4. The van der Waals surface area contributed by atoms with Crippen LogP contribution in [0.3, 0.4) is 0 Å². The Morgan fingerprint density at radius 3 is 3.00 bits per heavy atom. The lowest BCUT2D eigenvalue weighted by molar-refractivity contribution is -0.142. The molecule has 1 fully saturated rings. The van der Waals surface area contributed by atoms with Gasteiger partial charge in [0.2, 0.25) is 0 Å². The zero-order chi connectivity index (χ0) is 17.9. The number of hydrogen-bond donors (Lipinski definition) is 4. The fraction of sp³-hybridized carbons (Fsp3) is 0.533. The zero-order valence-electron chi connectivity index (χ0n) is 13.4. The number of piperidine rings is 1. The number of nitrogens with one attached hydrogen (secondary N) is 4. The van der Waals surface area contributed by atoms with E-state index in [0.717, 1.165) is 13.0 Å². The van der Waals surface area contributed by atoms with Crippen molar-refractivity contribution in [2.45, 2.75) is 31.5 Å². The average Bonchev–Trinajstić information content (AvgIpc) is 3.01. The van der Waals surface area contributed by atoms with Gasteiger partial charge in [-0.05, 0) is 37.9 Å². The summed E-state index contributed by atoms with van der Waals surface area (Å²) in [5.74, 6) is -0.0866. The highest BCUT2D eigenvalue weighted by Crippen LogP contribution is 2.27. The summed E-state index contributed by atoms with van der Waals surface area (Å²) in [6, 6.07) is -0.0215. The molecule has 4 N–H and O–H groups in total. The predicted molar refractivity (Wildman–Crippen MR) is 86.1 cm³/mol. The lowest BCUT2D eigenvalue weighted by Gasteiger charge is -2.32. The number of carbonyl (C=O) groups is 1. The van der Waals surface area contributed by atoms with E-state index in [2.05, 4.69) is 30.9 Å². The van der Waals surface area contributed by atoms with Gasteiger partial charge in [0.15, 0.2) is 11.5 Å². The summed E-state index contributed by atoms with van der Waals surface area (Å²) >= 11 is 0. The molecule has 0 spiro atoms. The van der Waals surface area contributed by atoms with E-state index in [1.54, 1.807) is 12.3 Å². The van der Waals surface area contributed by atoms with E-state index in [1.165, 1.54) is 6.20 Å². The zero-order valence-corrected chi connectivity index (χ0v) is 13.4. The number of aromatic amines is 1. The quantitative estimate of drug-likeness (QED) is 0.677. The SMILES string of the molecule is O=C(Nc1cnc2[nH]ccc2n1)NC(CC(F)(F)F)C1CCCNC1. The number of H-pyrrole nitrogens is 1. The number of aromatic nitrogens is 3. The van der Waals surface area contributed by atoms with Gasteiger partial charge in [-0.15, -0.1) is 0 Å². The van der Waals surface area contributed by atoms with E-state index in [-0.39, 0.29) is 11.7 Å². The number of rotatable bonds is 4. The van der Waals surface area contributed by atoms with Crippen molar-refractivity contribution in [3.63, 3.8) is 0 Å². The second-order valence-corrected chi connectivity index (χ2v) is 6.10. The first-order chi connectivity index (χ1) is 11.9.